The van der Waals surface area contributed by atoms with Gasteiger partial charge in [0.2, 0.25) is 5.43 Å². The first-order chi connectivity index (χ1) is 29.3. The van der Waals surface area contributed by atoms with E-state index < -0.39 is 76.1 Å². The molecular weight excluding hydrogens is 799 g/mol. The van der Waals surface area contributed by atoms with Crippen LogP contribution in [0.2, 0.25) is 0 Å². The number of anilines is 2. The summed E-state index contributed by atoms with van der Waals surface area (Å²) >= 11 is 0. The number of nitrogens with one attached hydrogen (secondary N) is 1. The van der Waals surface area contributed by atoms with Crippen LogP contribution >= 0.6 is 0 Å². The van der Waals surface area contributed by atoms with Gasteiger partial charge in [-0.3, -0.25) is 19.2 Å². The molecule has 3 aromatic carbocycles. The highest BCUT2D eigenvalue weighted by Crippen LogP contribution is 2.42. The number of aromatic hydroxyl groups is 1. The highest BCUT2D eigenvalue weighted by molar-refractivity contribution is 6.18. The molecule has 4 aliphatic heterocycles. The Labute approximate surface area is 358 Å². The first kappa shape index (κ1) is 44.1. The van der Waals surface area contributed by atoms with Crippen molar-refractivity contribution in [3.63, 3.8) is 0 Å². The number of phenolic OH excluding ortho intramolecular Hbond substituents is 1. The van der Waals surface area contributed by atoms with E-state index in [0.29, 0.717) is 5.69 Å². The molecule has 5 N–H and O–H groups in total. The molecule has 15 nitrogen and oxygen atoms in total. The number of carbonyl (C=O) groups excluding carboxylic acids is 2. The second-order valence-corrected chi connectivity index (χ2v) is 17.3. The lowest BCUT2D eigenvalue weighted by Crippen LogP contribution is -2.45. The molecule has 8 rings (SSSR count). The second kappa shape index (κ2) is 17.1. The van der Waals surface area contributed by atoms with Crippen molar-refractivity contribution in [3.8, 4) is 11.5 Å². The Morgan fingerprint density at radius 1 is 0.887 bits per heavy atom. The number of ether oxygens (including phenoxy) is 3. The summed E-state index contributed by atoms with van der Waals surface area (Å²) in [5, 5.41) is 49.1. The van der Waals surface area contributed by atoms with Crippen LogP contribution in [-0.4, -0.2) is 74.5 Å². The molecule has 4 aromatic rings. The number of phenols is 1. The van der Waals surface area contributed by atoms with E-state index in [4.69, 9.17) is 23.6 Å². The van der Waals surface area contributed by atoms with E-state index in [1.165, 1.54) is 39.2 Å². The van der Waals surface area contributed by atoms with Crippen LogP contribution in [0, 0.1) is 29.6 Å². The van der Waals surface area contributed by atoms with Gasteiger partial charge in [-0.15, -0.1) is 0 Å². The summed E-state index contributed by atoms with van der Waals surface area (Å²) in [5.74, 6) is -6.89. The highest BCUT2D eigenvalue weighted by atomic mass is 16.7. The number of fused-ring (bicyclic) bond motifs is 14. The minimum atomic E-state index is -1.91. The first-order valence-electron chi connectivity index (χ1n) is 21.2. The van der Waals surface area contributed by atoms with Gasteiger partial charge in [0.25, 0.3) is 5.91 Å². The van der Waals surface area contributed by atoms with E-state index in [1.807, 2.05) is 13.8 Å². The van der Waals surface area contributed by atoms with Crippen LogP contribution in [0.4, 0.5) is 11.4 Å². The number of allylic oxidation sites excluding steroid dienone is 3. The number of rotatable bonds is 2. The third-order valence-corrected chi connectivity index (χ3v) is 12.9. The zero-order valence-corrected chi connectivity index (χ0v) is 36.2. The maximum Gasteiger partial charge on any atom is 0.307 e. The molecule has 1 fully saturated rings. The number of aliphatic hydroxyl groups is 3. The van der Waals surface area contributed by atoms with Crippen molar-refractivity contribution >= 4 is 62.0 Å². The minimum Gasteiger partial charge on any atom is -0.505 e. The molecule has 5 heterocycles. The third-order valence-electron chi connectivity index (χ3n) is 12.9. The van der Waals surface area contributed by atoms with Gasteiger partial charge >= 0.3 is 11.8 Å². The van der Waals surface area contributed by atoms with Crippen LogP contribution in [0.1, 0.15) is 74.7 Å². The lowest BCUT2D eigenvalue weighted by molar-refractivity contribution is -0.158. The minimum absolute atomic E-state index is 0.0478. The van der Waals surface area contributed by atoms with Crippen molar-refractivity contribution in [1.29, 1.82) is 0 Å². The van der Waals surface area contributed by atoms with Crippen LogP contribution in [-0.2, 0) is 19.1 Å². The quantitative estimate of drug-likeness (QED) is 0.0691. The number of hydrogen-bond donors (Lipinski definition) is 5. The van der Waals surface area contributed by atoms with Gasteiger partial charge in [0, 0.05) is 79.5 Å². The molecule has 15 heteroatoms. The Bertz CT molecular complexity index is 2720. The van der Waals surface area contributed by atoms with Gasteiger partial charge < -0.3 is 49.3 Å². The van der Waals surface area contributed by atoms with E-state index in [0.717, 1.165) is 38.4 Å². The van der Waals surface area contributed by atoms with Crippen LogP contribution in [0.3, 0.4) is 0 Å². The smallest absolute Gasteiger partial charge is 0.307 e. The van der Waals surface area contributed by atoms with Crippen molar-refractivity contribution in [2.45, 2.75) is 98.8 Å². The molecule has 0 saturated carbocycles. The number of benzene rings is 3. The topological polar surface area (TPSA) is 218 Å². The molecule has 62 heavy (non-hydrogen) atoms. The molecule has 0 unspecified atom stereocenters. The van der Waals surface area contributed by atoms with Crippen molar-refractivity contribution in [2.75, 3.05) is 23.3 Å². The van der Waals surface area contributed by atoms with E-state index in [1.54, 1.807) is 45.1 Å². The normalized spacial score (nSPS) is 30.7. The Kier molecular flexibility index (Phi) is 12.2. The third kappa shape index (κ3) is 7.99. The van der Waals surface area contributed by atoms with Crippen molar-refractivity contribution in [2.24, 2.45) is 29.6 Å². The summed E-state index contributed by atoms with van der Waals surface area (Å²) in [5.41, 5.74) is -1.000. The molecular formula is C47H55N3O12. The predicted molar refractivity (Wildman–Crippen MR) is 235 cm³/mol. The lowest BCUT2D eigenvalue weighted by atomic mass is 9.77. The first-order valence-corrected chi connectivity index (χ1v) is 21.2. The number of hydrogen-bond acceptors (Lipinski definition) is 14. The number of carbonyl (C=O) groups is 2. The maximum absolute atomic E-state index is 14.0. The standard InChI is InChI=1S/C47H55N3O12/c1-22-15-18-59-47(8)45(57)35-32(62-47)21-30(52)34-36(35)38-44(61-33-20-29(19-31(53)37(33)48-38)50-16-10-9-11-17-50)39(42(34)56)49-46(58)24(3)14-12-13-23(2)40(54)26(5)41(55)27(6)43(25(22)4)60-28(7)51/h12-15,18-23,25-27,40-41,43,54-57H,9-11,16-17H2,1-8H3,(H,49,58)/b13-12+,18-15+,24-14-/t22-,23-,25+,26+,27+,40-,41+,43+,47-/m0/s1. The van der Waals surface area contributed by atoms with Gasteiger partial charge in [-0.05, 0) is 44.1 Å². The van der Waals surface area contributed by atoms with Gasteiger partial charge in [0.15, 0.2) is 33.6 Å². The van der Waals surface area contributed by atoms with Crippen LogP contribution in [0.5, 0.6) is 11.5 Å². The molecule has 1 amide bonds. The lowest BCUT2D eigenvalue weighted by Gasteiger charge is -2.37. The van der Waals surface area contributed by atoms with Gasteiger partial charge in [-0.25, -0.2) is 4.98 Å². The Hall–Kier alpha value is -5.93. The van der Waals surface area contributed by atoms with Gasteiger partial charge in [-0.2, -0.15) is 0 Å². The average Bonchev–Trinajstić information content (AvgIpc) is 3.49. The average molecular weight is 854 g/mol. The number of aromatic nitrogens is 1. The zero-order chi connectivity index (χ0) is 44.9. The largest absolute Gasteiger partial charge is 0.505 e. The van der Waals surface area contributed by atoms with Gasteiger partial charge in [0.1, 0.15) is 23.1 Å². The fourth-order valence-corrected chi connectivity index (χ4v) is 8.87. The molecule has 0 radical (unpaired) electrons. The Morgan fingerprint density at radius 3 is 2.29 bits per heavy atom. The summed E-state index contributed by atoms with van der Waals surface area (Å²) in [6.45, 7) is 14.7. The molecule has 330 valence electrons. The molecule has 0 spiro atoms. The van der Waals surface area contributed by atoms with Crippen LogP contribution in [0.25, 0.3) is 38.7 Å². The fourth-order valence-electron chi connectivity index (χ4n) is 8.87. The maximum atomic E-state index is 14.0. The molecule has 4 aliphatic rings. The number of aliphatic hydroxyl groups excluding tert-OH is 3. The second-order valence-electron chi connectivity index (χ2n) is 17.3. The fraction of sp³-hybridized carbons (Fsp3) is 0.468. The van der Waals surface area contributed by atoms with Crippen LogP contribution < -0.4 is 31.0 Å². The molecule has 9 atom stereocenters. The molecule has 5 bridgehead atoms. The van der Waals surface area contributed by atoms with E-state index in [-0.39, 0.29) is 67.0 Å². The van der Waals surface area contributed by atoms with Gasteiger partial charge in [0.05, 0.1) is 29.1 Å². The summed E-state index contributed by atoms with van der Waals surface area (Å²) in [7, 11) is 0. The molecule has 1 saturated heterocycles. The van der Waals surface area contributed by atoms with Crippen LogP contribution in [0.15, 0.2) is 68.3 Å². The number of piperidine rings is 1. The monoisotopic (exact) mass is 853 g/mol. The number of esters is 1. The summed E-state index contributed by atoms with van der Waals surface area (Å²) in [4.78, 5) is 60.8. The van der Waals surface area contributed by atoms with E-state index in [2.05, 4.69) is 10.2 Å². The Balaban J connectivity index is 1.46. The van der Waals surface area contributed by atoms with Crippen molar-refractivity contribution < 1.29 is 48.6 Å². The summed E-state index contributed by atoms with van der Waals surface area (Å²) in [6.07, 6.45) is 7.85. The summed E-state index contributed by atoms with van der Waals surface area (Å²) in [6, 6.07) is 4.24. The van der Waals surface area contributed by atoms with Crippen molar-refractivity contribution in [3.05, 3.63) is 80.0 Å². The van der Waals surface area contributed by atoms with E-state index in [9.17, 15) is 39.6 Å². The Morgan fingerprint density at radius 2 is 1.60 bits per heavy atom. The molecule has 1 aromatic heterocycles. The molecule has 0 aliphatic carbocycles. The highest BCUT2D eigenvalue weighted by Gasteiger charge is 2.43. The van der Waals surface area contributed by atoms with E-state index >= 15 is 0 Å². The van der Waals surface area contributed by atoms with Crippen molar-refractivity contribution in [1.82, 2.24) is 4.98 Å². The number of amides is 1. The predicted octanol–water partition coefficient (Wildman–Crippen LogP) is 5.86. The number of nitrogens with zero attached hydrogens (tertiary/aromatic N) is 2. The zero-order valence-electron chi connectivity index (χ0n) is 36.2. The van der Waals surface area contributed by atoms with Gasteiger partial charge in [-0.1, -0.05) is 52.8 Å². The summed E-state index contributed by atoms with van der Waals surface area (Å²) < 4.78 is 24.4. The SMILES string of the molecule is CC(=O)O[C@H]1[C@H](C)[C@H](O)[C@H](C)[C@@H](O)[C@@H](C)/C=C/C=C(/C)C(=O)Nc2c(O)c3c(=O)cc4c(c3c3nc5c(=O)cc(N6CCCCC6)cc5oc23)=C(O)[C@@](C)(O/C=C/[C@H](C)[C@H]1C)O4.